The molecule has 0 aliphatic rings. The second-order valence-corrected chi connectivity index (χ2v) is 6.40. The highest BCUT2D eigenvalue weighted by molar-refractivity contribution is 7.14. The Bertz CT molecular complexity index is 620. The van der Waals surface area contributed by atoms with Crippen molar-refractivity contribution in [1.29, 1.82) is 0 Å². The second kappa shape index (κ2) is 12.2. The molecule has 10 heteroatoms. The third-order valence-corrected chi connectivity index (χ3v) is 4.49. The molecule has 0 aromatic carbocycles. The molecule has 0 spiro atoms. The topological polar surface area (TPSA) is 97.1 Å². The van der Waals surface area contributed by atoms with E-state index in [2.05, 4.69) is 15.6 Å². The van der Waals surface area contributed by atoms with Gasteiger partial charge in [-0.2, -0.15) is 0 Å². The predicted molar refractivity (Wildman–Crippen MR) is 104 cm³/mol. The number of aromatic nitrogens is 1. The maximum atomic E-state index is 11.9. The molecule has 2 aromatic heterocycles. The van der Waals surface area contributed by atoms with Crippen LogP contribution in [0.5, 0.6) is 0 Å². The monoisotopic (exact) mass is 410 g/mol. The van der Waals surface area contributed by atoms with Gasteiger partial charge in [-0.05, 0) is 30.8 Å². The predicted octanol–water partition coefficient (Wildman–Crippen LogP) is 2.70. The van der Waals surface area contributed by atoms with Crippen LogP contribution in [0, 0.1) is 0 Å². The van der Waals surface area contributed by atoms with E-state index < -0.39 is 0 Å². The molecule has 0 unspecified atom stereocenters. The van der Waals surface area contributed by atoms with Crippen molar-refractivity contribution in [1.82, 2.24) is 10.3 Å². The highest BCUT2D eigenvalue weighted by atomic mass is 35.5. The van der Waals surface area contributed by atoms with Crippen molar-refractivity contribution in [2.75, 3.05) is 18.4 Å². The van der Waals surface area contributed by atoms with E-state index in [-0.39, 0.29) is 43.0 Å². The molecule has 6 nitrogen and oxygen atoms in total. The number of carbonyl (C=O) groups excluding carboxylic acids is 2. The Kier molecular flexibility index (Phi) is 11.6. The minimum absolute atomic E-state index is 0. The lowest BCUT2D eigenvalue weighted by Gasteiger charge is -2.02. The Morgan fingerprint density at radius 3 is 2.67 bits per heavy atom. The smallest absolute Gasteiger partial charge is 0.267 e. The van der Waals surface area contributed by atoms with Crippen molar-refractivity contribution in [3.05, 3.63) is 33.5 Å². The van der Waals surface area contributed by atoms with Crippen LogP contribution in [-0.2, 0) is 11.2 Å². The number of carbonyl (C=O) groups is 2. The van der Waals surface area contributed by atoms with Gasteiger partial charge >= 0.3 is 0 Å². The number of nitrogens with two attached hydrogens (primary N) is 1. The van der Waals surface area contributed by atoms with Crippen LogP contribution < -0.4 is 16.4 Å². The third-order valence-electron chi connectivity index (χ3n) is 2.81. The molecule has 0 fully saturated rings. The van der Waals surface area contributed by atoms with Gasteiger partial charge in [0.1, 0.15) is 0 Å². The Morgan fingerprint density at radius 1 is 1.21 bits per heavy atom. The maximum absolute atomic E-state index is 11.9. The van der Waals surface area contributed by atoms with E-state index >= 15 is 0 Å². The SMILES string of the molecule is Cl.Cl.NCCCCNC(=O)Cc1csc(NC(=O)c2cccs2)n1. The van der Waals surface area contributed by atoms with E-state index in [1.807, 2.05) is 11.4 Å². The number of hydrogen-bond acceptors (Lipinski definition) is 6. The summed E-state index contributed by atoms with van der Waals surface area (Å²) in [5.41, 5.74) is 6.05. The fourth-order valence-electron chi connectivity index (χ4n) is 1.74. The van der Waals surface area contributed by atoms with Crippen LogP contribution in [-0.4, -0.2) is 29.9 Å². The normalized spacial score (nSPS) is 9.54. The zero-order valence-electron chi connectivity index (χ0n) is 12.8. The van der Waals surface area contributed by atoms with E-state index in [0.717, 1.165) is 12.8 Å². The van der Waals surface area contributed by atoms with Crippen LogP contribution in [0.3, 0.4) is 0 Å². The summed E-state index contributed by atoms with van der Waals surface area (Å²) in [7, 11) is 0. The summed E-state index contributed by atoms with van der Waals surface area (Å²) in [6, 6.07) is 3.57. The van der Waals surface area contributed by atoms with Crippen LogP contribution in [0.4, 0.5) is 5.13 Å². The molecule has 0 aliphatic heterocycles. The Balaban J connectivity index is 0.00000264. The first-order valence-electron chi connectivity index (χ1n) is 6.95. The zero-order valence-corrected chi connectivity index (χ0v) is 16.1. The molecule has 0 radical (unpaired) electrons. The summed E-state index contributed by atoms with van der Waals surface area (Å²) in [5.74, 6) is -0.249. The number of hydrogen-bond donors (Lipinski definition) is 3. The molecule has 2 amide bonds. The highest BCUT2D eigenvalue weighted by Crippen LogP contribution is 2.18. The first-order valence-corrected chi connectivity index (χ1v) is 8.71. The van der Waals surface area contributed by atoms with Crippen molar-refractivity contribution >= 4 is 64.4 Å². The number of halogens is 2. The van der Waals surface area contributed by atoms with Crippen LogP contribution in [0.15, 0.2) is 22.9 Å². The van der Waals surface area contributed by atoms with E-state index in [9.17, 15) is 9.59 Å². The standard InChI is InChI=1S/C14H18N4O2S2.2ClH/c15-5-1-2-6-16-12(19)8-10-9-22-14(17-10)18-13(20)11-4-3-7-21-11;;/h3-4,7,9H,1-2,5-6,8,15H2,(H,16,19)(H,17,18,20);2*1H. The van der Waals surface area contributed by atoms with Gasteiger partial charge < -0.3 is 11.1 Å². The number of nitrogens with one attached hydrogen (secondary N) is 2. The van der Waals surface area contributed by atoms with Gasteiger partial charge in [-0.3, -0.25) is 14.9 Å². The van der Waals surface area contributed by atoms with Crippen LogP contribution in [0.1, 0.15) is 28.2 Å². The average molecular weight is 411 g/mol. The molecule has 0 atom stereocenters. The van der Waals surface area contributed by atoms with Gasteiger partial charge in [-0.1, -0.05) is 6.07 Å². The fourth-order valence-corrected chi connectivity index (χ4v) is 3.06. The summed E-state index contributed by atoms with van der Waals surface area (Å²) in [5, 5.41) is 9.68. The number of amides is 2. The van der Waals surface area contributed by atoms with Gasteiger partial charge in [-0.15, -0.1) is 47.5 Å². The van der Waals surface area contributed by atoms with Crippen LogP contribution in [0.25, 0.3) is 0 Å². The largest absolute Gasteiger partial charge is 0.356 e. The number of nitrogens with zero attached hydrogens (tertiary/aromatic N) is 1. The van der Waals surface area contributed by atoms with Crippen molar-refractivity contribution in [2.24, 2.45) is 5.73 Å². The van der Waals surface area contributed by atoms with E-state index in [0.29, 0.717) is 28.8 Å². The van der Waals surface area contributed by atoms with E-state index in [4.69, 9.17) is 5.73 Å². The molecule has 0 saturated heterocycles. The molecular weight excluding hydrogens is 391 g/mol. The summed E-state index contributed by atoms with van der Waals surface area (Å²) in [4.78, 5) is 28.5. The molecule has 2 aromatic rings. The van der Waals surface area contributed by atoms with Crippen molar-refractivity contribution in [2.45, 2.75) is 19.3 Å². The van der Waals surface area contributed by atoms with Crippen LogP contribution >= 0.6 is 47.5 Å². The fraction of sp³-hybridized carbons (Fsp3) is 0.357. The number of unbranched alkanes of at least 4 members (excludes halogenated alkanes) is 1. The number of anilines is 1. The molecule has 4 N–H and O–H groups in total. The summed E-state index contributed by atoms with van der Waals surface area (Å²) < 4.78 is 0. The van der Waals surface area contributed by atoms with Gasteiger partial charge in [0.05, 0.1) is 17.0 Å². The summed E-state index contributed by atoms with van der Waals surface area (Å²) in [6.45, 7) is 1.26. The zero-order chi connectivity index (χ0) is 15.8. The van der Waals surface area contributed by atoms with E-state index in [1.165, 1.54) is 22.7 Å². The molecule has 0 saturated carbocycles. The van der Waals surface area contributed by atoms with Gasteiger partial charge in [0.15, 0.2) is 5.13 Å². The molecular formula is C14H20Cl2N4O2S2. The highest BCUT2D eigenvalue weighted by Gasteiger charge is 2.11. The minimum atomic E-state index is -0.179. The number of rotatable bonds is 8. The third kappa shape index (κ3) is 7.59. The van der Waals surface area contributed by atoms with Gasteiger partial charge in [0, 0.05) is 11.9 Å². The number of thiazole rings is 1. The minimum Gasteiger partial charge on any atom is -0.356 e. The van der Waals surface area contributed by atoms with Gasteiger partial charge in [0.2, 0.25) is 5.91 Å². The summed E-state index contributed by atoms with van der Waals surface area (Å²) in [6.07, 6.45) is 1.99. The summed E-state index contributed by atoms with van der Waals surface area (Å²) >= 11 is 2.69. The molecule has 134 valence electrons. The molecule has 0 bridgehead atoms. The van der Waals surface area contributed by atoms with Crippen molar-refractivity contribution in [3.63, 3.8) is 0 Å². The average Bonchev–Trinajstić information content (AvgIpc) is 3.15. The first kappa shape index (κ1) is 22.8. The molecule has 2 heterocycles. The molecule has 0 aliphatic carbocycles. The van der Waals surface area contributed by atoms with Crippen molar-refractivity contribution in [3.8, 4) is 0 Å². The lowest BCUT2D eigenvalue weighted by Crippen LogP contribution is -2.26. The lowest BCUT2D eigenvalue weighted by molar-refractivity contribution is -0.120. The Morgan fingerprint density at radius 2 is 2.00 bits per heavy atom. The Labute approximate surface area is 161 Å². The maximum Gasteiger partial charge on any atom is 0.267 e. The molecule has 2 rings (SSSR count). The van der Waals surface area contributed by atoms with Crippen molar-refractivity contribution < 1.29 is 9.59 Å². The molecule has 24 heavy (non-hydrogen) atoms. The lowest BCUT2D eigenvalue weighted by atomic mass is 10.3. The number of thiophene rings is 1. The van der Waals surface area contributed by atoms with Gasteiger partial charge in [-0.25, -0.2) is 4.98 Å². The van der Waals surface area contributed by atoms with E-state index in [1.54, 1.807) is 11.4 Å². The quantitative estimate of drug-likeness (QED) is 0.582. The van der Waals surface area contributed by atoms with Crippen LogP contribution in [0.2, 0.25) is 0 Å². The first-order chi connectivity index (χ1) is 10.7. The second-order valence-electron chi connectivity index (χ2n) is 4.60. The van der Waals surface area contributed by atoms with Gasteiger partial charge in [0.25, 0.3) is 5.91 Å². The Hall–Kier alpha value is -1.19.